The van der Waals surface area contributed by atoms with E-state index in [-0.39, 0.29) is 16.9 Å². The number of carboxylic acids is 1. The Labute approximate surface area is 122 Å². The third kappa shape index (κ3) is 4.16. The lowest BCUT2D eigenvalue weighted by atomic mass is 10.1. The van der Waals surface area contributed by atoms with Crippen molar-refractivity contribution in [3.63, 3.8) is 0 Å². The number of nitrogens with one attached hydrogen (secondary N) is 1. The zero-order valence-corrected chi connectivity index (χ0v) is 11.7. The smallest absolute Gasteiger partial charge is 0.335 e. The molecule has 0 radical (unpaired) electrons. The number of carboxylic acid groups (broad SMARTS) is 1. The third-order valence-electron chi connectivity index (χ3n) is 3.63. The van der Waals surface area contributed by atoms with Crippen molar-refractivity contribution >= 4 is 17.3 Å². The molecule has 2 rings (SSSR count). The van der Waals surface area contributed by atoms with Gasteiger partial charge in [0, 0.05) is 19.2 Å². The summed E-state index contributed by atoms with van der Waals surface area (Å²) in [6.07, 6.45) is 3.64. The fourth-order valence-electron chi connectivity index (χ4n) is 2.50. The van der Waals surface area contributed by atoms with Gasteiger partial charge in [0.15, 0.2) is 0 Å². The molecule has 1 aliphatic rings. The van der Waals surface area contributed by atoms with Crippen LogP contribution in [-0.2, 0) is 0 Å². The molecule has 2 N–H and O–H groups in total. The number of nitro benzene ring substituents is 1. The lowest BCUT2D eigenvalue weighted by Gasteiger charge is -2.26. The van der Waals surface area contributed by atoms with E-state index in [1.165, 1.54) is 37.5 Å². The molecule has 1 aliphatic heterocycles. The van der Waals surface area contributed by atoms with Gasteiger partial charge >= 0.3 is 5.97 Å². The van der Waals surface area contributed by atoms with Gasteiger partial charge in [-0.25, -0.2) is 4.79 Å². The fraction of sp³-hybridized carbons (Fsp3) is 0.500. The topological polar surface area (TPSA) is 95.7 Å². The van der Waals surface area contributed by atoms with Crippen LogP contribution in [0.5, 0.6) is 0 Å². The van der Waals surface area contributed by atoms with E-state index in [4.69, 9.17) is 5.11 Å². The van der Waals surface area contributed by atoms with E-state index in [1.54, 1.807) is 0 Å². The Balaban J connectivity index is 2.00. The molecule has 1 saturated heterocycles. The van der Waals surface area contributed by atoms with E-state index < -0.39 is 10.9 Å². The van der Waals surface area contributed by atoms with Crippen molar-refractivity contribution in [2.24, 2.45) is 0 Å². The maximum atomic E-state index is 11.0. The molecule has 0 spiro atoms. The summed E-state index contributed by atoms with van der Waals surface area (Å²) in [4.78, 5) is 23.7. The molecule has 0 aromatic heterocycles. The number of hydrogen-bond acceptors (Lipinski definition) is 5. The first-order valence-corrected chi connectivity index (χ1v) is 7.06. The van der Waals surface area contributed by atoms with E-state index in [0.29, 0.717) is 6.54 Å². The van der Waals surface area contributed by atoms with Crippen LogP contribution in [0.2, 0.25) is 0 Å². The van der Waals surface area contributed by atoms with Crippen LogP contribution in [0.1, 0.15) is 29.6 Å². The zero-order valence-electron chi connectivity index (χ0n) is 11.7. The Hall–Kier alpha value is -2.15. The molecule has 7 heteroatoms. The summed E-state index contributed by atoms with van der Waals surface area (Å²) in [6, 6.07) is 3.79. The molecule has 1 aromatic carbocycles. The van der Waals surface area contributed by atoms with E-state index in [9.17, 15) is 14.9 Å². The van der Waals surface area contributed by atoms with Gasteiger partial charge in [0.2, 0.25) is 0 Å². The zero-order chi connectivity index (χ0) is 15.2. The maximum Gasteiger partial charge on any atom is 0.335 e. The molecule has 0 saturated carbocycles. The van der Waals surface area contributed by atoms with Gasteiger partial charge in [0.1, 0.15) is 5.69 Å². The molecule has 114 valence electrons. The second-order valence-corrected chi connectivity index (χ2v) is 5.12. The number of anilines is 1. The van der Waals surface area contributed by atoms with Gasteiger partial charge in [-0.2, -0.15) is 0 Å². The van der Waals surface area contributed by atoms with Crippen LogP contribution < -0.4 is 5.32 Å². The van der Waals surface area contributed by atoms with Gasteiger partial charge in [-0.05, 0) is 38.1 Å². The Morgan fingerprint density at radius 2 is 2.05 bits per heavy atom. The predicted molar refractivity (Wildman–Crippen MR) is 78.8 cm³/mol. The van der Waals surface area contributed by atoms with Crippen LogP contribution >= 0.6 is 0 Å². The maximum absolute atomic E-state index is 11.0. The van der Waals surface area contributed by atoms with E-state index >= 15 is 0 Å². The quantitative estimate of drug-likeness (QED) is 0.616. The number of hydrogen-bond donors (Lipinski definition) is 2. The molecule has 1 heterocycles. The normalized spacial score (nSPS) is 15.6. The van der Waals surface area contributed by atoms with Crippen LogP contribution in [0.15, 0.2) is 18.2 Å². The number of likely N-dealkylation sites (tertiary alicyclic amines) is 1. The number of benzene rings is 1. The van der Waals surface area contributed by atoms with Gasteiger partial charge in [0.25, 0.3) is 5.69 Å². The number of nitrogens with zero attached hydrogens (tertiary/aromatic N) is 2. The monoisotopic (exact) mass is 293 g/mol. The number of nitro groups is 1. The Kier molecular flexibility index (Phi) is 5.10. The number of carbonyl (C=O) groups is 1. The lowest BCUT2D eigenvalue weighted by molar-refractivity contribution is -0.384. The minimum absolute atomic E-state index is 0.0427. The first kappa shape index (κ1) is 15.2. The Morgan fingerprint density at radius 3 is 2.67 bits per heavy atom. The summed E-state index contributed by atoms with van der Waals surface area (Å²) in [5.41, 5.74) is 0.205. The highest BCUT2D eigenvalue weighted by Crippen LogP contribution is 2.25. The minimum atomic E-state index is -1.09. The average Bonchev–Trinajstić information content (AvgIpc) is 2.48. The molecular formula is C14H19N3O4. The van der Waals surface area contributed by atoms with Crippen LogP contribution in [-0.4, -0.2) is 47.1 Å². The highest BCUT2D eigenvalue weighted by molar-refractivity contribution is 5.90. The van der Waals surface area contributed by atoms with Crippen molar-refractivity contribution in [3.8, 4) is 0 Å². The molecule has 0 aliphatic carbocycles. The van der Waals surface area contributed by atoms with Gasteiger partial charge in [-0.15, -0.1) is 0 Å². The summed E-state index contributed by atoms with van der Waals surface area (Å²) in [7, 11) is 0. The SMILES string of the molecule is O=C(O)c1ccc([N+](=O)[O-])c(NCCN2CCCCC2)c1. The lowest BCUT2D eigenvalue weighted by Crippen LogP contribution is -2.33. The molecule has 0 amide bonds. The Bertz CT molecular complexity index is 527. The Morgan fingerprint density at radius 1 is 1.33 bits per heavy atom. The summed E-state index contributed by atoms with van der Waals surface area (Å²) in [6.45, 7) is 3.47. The number of piperidine rings is 1. The highest BCUT2D eigenvalue weighted by Gasteiger charge is 2.17. The van der Waals surface area contributed by atoms with Crippen molar-refractivity contribution in [1.29, 1.82) is 0 Å². The van der Waals surface area contributed by atoms with Crippen molar-refractivity contribution in [1.82, 2.24) is 4.90 Å². The van der Waals surface area contributed by atoms with E-state index in [1.807, 2.05) is 0 Å². The van der Waals surface area contributed by atoms with Gasteiger partial charge in [-0.3, -0.25) is 10.1 Å². The molecule has 1 fully saturated rings. The predicted octanol–water partition coefficient (Wildman–Crippen LogP) is 2.19. The molecule has 0 unspecified atom stereocenters. The van der Waals surface area contributed by atoms with Crippen LogP contribution in [0.3, 0.4) is 0 Å². The van der Waals surface area contributed by atoms with Crippen molar-refractivity contribution in [3.05, 3.63) is 33.9 Å². The standard InChI is InChI=1S/C14H19N3O4/c18-14(19)11-4-5-13(17(20)21)12(10-11)15-6-9-16-7-2-1-3-8-16/h4-5,10,15H,1-3,6-9H2,(H,18,19). The summed E-state index contributed by atoms with van der Waals surface area (Å²) >= 11 is 0. The second-order valence-electron chi connectivity index (χ2n) is 5.12. The second kappa shape index (κ2) is 7.03. The number of aromatic carboxylic acids is 1. The number of rotatable bonds is 6. The van der Waals surface area contributed by atoms with Crippen LogP contribution in [0, 0.1) is 10.1 Å². The molecule has 7 nitrogen and oxygen atoms in total. The van der Waals surface area contributed by atoms with Gasteiger partial charge in [0.05, 0.1) is 10.5 Å². The largest absolute Gasteiger partial charge is 0.478 e. The minimum Gasteiger partial charge on any atom is -0.478 e. The average molecular weight is 293 g/mol. The van der Waals surface area contributed by atoms with Crippen LogP contribution in [0.4, 0.5) is 11.4 Å². The molecular weight excluding hydrogens is 274 g/mol. The van der Waals surface area contributed by atoms with E-state index in [0.717, 1.165) is 19.6 Å². The summed E-state index contributed by atoms with van der Waals surface area (Å²) in [5, 5.41) is 22.9. The highest BCUT2D eigenvalue weighted by atomic mass is 16.6. The molecule has 0 bridgehead atoms. The van der Waals surface area contributed by atoms with Gasteiger partial charge in [-0.1, -0.05) is 6.42 Å². The summed E-state index contributed by atoms with van der Waals surface area (Å²) < 4.78 is 0. The first-order valence-electron chi connectivity index (χ1n) is 7.06. The van der Waals surface area contributed by atoms with Crippen LogP contribution in [0.25, 0.3) is 0 Å². The van der Waals surface area contributed by atoms with Crippen molar-refractivity contribution in [2.75, 3.05) is 31.5 Å². The van der Waals surface area contributed by atoms with E-state index in [2.05, 4.69) is 10.2 Å². The first-order chi connectivity index (χ1) is 10.1. The molecule has 21 heavy (non-hydrogen) atoms. The molecule has 1 aromatic rings. The summed E-state index contributed by atoms with van der Waals surface area (Å²) in [5.74, 6) is -1.09. The third-order valence-corrected chi connectivity index (χ3v) is 3.63. The van der Waals surface area contributed by atoms with Crippen molar-refractivity contribution < 1.29 is 14.8 Å². The van der Waals surface area contributed by atoms with Crippen molar-refractivity contribution in [2.45, 2.75) is 19.3 Å². The fourth-order valence-corrected chi connectivity index (χ4v) is 2.50. The van der Waals surface area contributed by atoms with Gasteiger partial charge < -0.3 is 15.3 Å². The molecule has 0 atom stereocenters.